The third-order valence-electron chi connectivity index (χ3n) is 5.07. The molecule has 0 bridgehead atoms. The summed E-state index contributed by atoms with van der Waals surface area (Å²) in [7, 11) is 0. The van der Waals surface area contributed by atoms with E-state index in [2.05, 4.69) is 0 Å². The van der Waals surface area contributed by atoms with Gasteiger partial charge in [0, 0.05) is 22.3 Å². The molecule has 0 unspecified atom stereocenters. The highest BCUT2D eigenvalue weighted by Gasteiger charge is 2.40. The van der Waals surface area contributed by atoms with E-state index >= 15 is 0 Å². The number of benzene rings is 1. The zero-order valence-corrected chi connectivity index (χ0v) is 17.1. The summed E-state index contributed by atoms with van der Waals surface area (Å²) in [5.41, 5.74) is 0.638. The van der Waals surface area contributed by atoms with Gasteiger partial charge in [0.2, 0.25) is 11.6 Å². The minimum atomic E-state index is -0.818. The van der Waals surface area contributed by atoms with E-state index in [0.29, 0.717) is 16.7 Å². The van der Waals surface area contributed by atoms with Crippen LogP contribution in [-0.2, 0) is 9.59 Å². The second-order valence-electron chi connectivity index (χ2n) is 9.31. The normalized spacial score (nSPS) is 18.2. The van der Waals surface area contributed by atoms with E-state index in [9.17, 15) is 19.2 Å². The maximum atomic E-state index is 13.1. The first-order valence-corrected chi connectivity index (χ1v) is 9.30. The Hall–Kier alpha value is -2.88. The average molecular weight is 376 g/mol. The minimum absolute atomic E-state index is 0.0909. The number of allylic oxidation sites excluding steroid dienone is 6. The molecule has 0 radical (unpaired) electrons. The molecule has 0 N–H and O–H groups in total. The fourth-order valence-electron chi connectivity index (χ4n) is 3.50. The van der Waals surface area contributed by atoms with Gasteiger partial charge < -0.3 is 0 Å². The molecule has 0 aliphatic heterocycles. The van der Waals surface area contributed by atoms with E-state index in [1.54, 1.807) is 30.4 Å². The third kappa shape index (κ3) is 3.13. The first-order valence-electron chi connectivity index (χ1n) is 9.30. The summed E-state index contributed by atoms with van der Waals surface area (Å²) in [6, 6.07) is 6.34. The van der Waals surface area contributed by atoms with Crippen molar-refractivity contribution < 1.29 is 19.2 Å². The van der Waals surface area contributed by atoms with Gasteiger partial charge >= 0.3 is 0 Å². The number of carbonyl (C=O) groups excluding carboxylic acids is 4. The molecular weight excluding hydrogens is 352 g/mol. The Morgan fingerprint density at radius 2 is 1.00 bits per heavy atom. The molecule has 0 atom stereocenters. The van der Waals surface area contributed by atoms with Crippen molar-refractivity contribution in [3.63, 3.8) is 0 Å². The summed E-state index contributed by atoms with van der Waals surface area (Å²) >= 11 is 0. The lowest BCUT2D eigenvalue weighted by Crippen LogP contribution is -2.33. The highest BCUT2D eigenvalue weighted by molar-refractivity contribution is 6.59. The number of hydrogen-bond donors (Lipinski definition) is 0. The second kappa shape index (κ2) is 6.33. The zero-order valence-electron chi connectivity index (χ0n) is 17.1. The third-order valence-corrected chi connectivity index (χ3v) is 5.07. The predicted octanol–water partition coefficient (Wildman–Crippen LogP) is 4.46. The van der Waals surface area contributed by atoms with E-state index < -0.39 is 28.2 Å². The molecule has 4 nitrogen and oxygen atoms in total. The molecule has 0 saturated heterocycles. The Morgan fingerprint density at radius 1 is 0.571 bits per heavy atom. The van der Waals surface area contributed by atoms with Gasteiger partial charge in [0.1, 0.15) is 0 Å². The van der Waals surface area contributed by atoms with Gasteiger partial charge in [-0.3, -0.25) is 19.2 Å². The van der Waals surface area contributed by atoms with Crippen LogP contribution in [0.5, 0.6) is 0 Å². The molecule has 0 saturated carbocycles. The van der Waals surface area contributed by atoms with Gasteiger partial charge in [-0.1, -0.05) is 65.8 Å². The van der Waals surface area contributed by atoms with Crippen molar-refractivity contribution in [3.8, 4) is 0 Å². The van der Waals surface area contributed by atoms with Gasteiger partial charge in [0.15, 0.2) is 11.6 Å². The smallest absolute Gasteiger partial charge is 0.238 e. The van der Waals surface area contributed by atoms with E-state index in [4.69, 9.17) is 0 Å². The molecule has 144 valence electrons. The molecule has 28 heavy (non-hydrogen) atoms. The first kappa shape index (κ1) is 19.9. The summed E-state index contributed by atoms with van der Waals surface area (Å²) in [5, 5.41) is 0. The number of carbonyl (C=O) groups is 4. The fourth-order valence-corrected chi connectivity index (χ4v) is 3.50. The molecule has 0 aromatic heterocycles. The Balaban J connectivity index is 2.34. The lowest BCUT2D eigenvalue weighted by atomic mass is 9.70. The fraction of sp³-hybridized carbons (Fsp3) is 0.333. The van der Waals surface area contributed by atoms with Gasteiger partial charge in [0.05, 0.1) is 5.57 Å². The Labute approximate surface area is 165 Å². The molecule has 0 fully saturated rings. The van der Waals surface area contributed by atoms with Crippen LogP contribution in [-0.4, -0.2) is 23.1 Å². The summed E-state index contributed by atoms with van der Waals surface area (Å²) in [6.07, 6.45) is 3.20. The van der Waals surface area contributed by atoms with Gasteiger partial charge in [0.25, 0.3) is 0 Å². The van der Waals surface area contributed by atoms with Crippen LogP contribution >= 0.6 is 0 Å². The largest absolute Gasteiger partial charge is 0.289 e. The molecule has 4 heteroatoms. The zero-order chi connectivity index (χ0) is 21.0. The van der Waals surface area contributed by atoms with Crippen molar-refractivity contribution in [2.45, 2.75) is 41.5 Å². The molecule has 2 aliphatic rings. The molecule has 3 rings (SSSR count). The van der Waals surface area contributed by atoms with E-state index in [0.717, 1.165) is 0 Å². The highest BCUT2D eigenvalue weighted by Crippen LogP contribution is 2.40. The van der Waals surface area contributed by atoms with Crippen LogP contribution in [0.25, 0.3) is 0 Å². The topological polar surface area (TPSA) is 68.3 Å². The molecule has 0 heterocycles. The number of Topliss-reactive ketones (excluding diaryl/α,β-unsaturated/α-hetero) is 4. The Bertz CT molecular complexity index is 995. The molecule has 1 aromatic rings. The van der Waals surface area contributed by atoms with Crippen LogP contribution < -0.4 is 0 Å². The monoisotopic (exact) mass is 376 g/mol. The van der Waals surface area contributed by atoms with Crippen molar-refractivity contribution >= 4 is 23.1 Å². The van der Waals surface area contributed by atoms with Crippen molar-refractivity contribution in [3.05, 3.63) is 69.8 Å². The van der Waals surface area contributed by atoms with Crippen molar-refractivity contribution in [1.29, 1.82) is 0 Å². The van der Waals surface area contributed by atoms with Gasteiger partial charge in [-0.05, 0) is 28.6 Å². The maximum Gasteiger partial charge on any atom is 0.238 e. The summed E-state index contributed by atoms with van der Waals surface area (Å²) in [4.78, 5) is 51.6. The van der Waals surface area contributed by atoms with Crippen molar-refractivity contribution in [1.82, 2.24) is 0 Å². The van der Waals surface area contributed by atoms with Crippen LogP contribution in [0.2, 0.25) is 0 Å². The molecule has 2 aliphatic carbocycles. The van der Waals surface area contributed by atoms with E-state index in [-0.39, 0.29) is 22.5 Å². The van der Waals surface area contributed by atoms with Gasteiger partial charge in [-0.2, -0.15) is 0 Å². The summed E-state index contributed by atoms with van der Waals surface area (Å²) in [5.74, 6) is -2.07. The van der Waals surface area contributed by atoms with Crippen molar-refractivity contribution in [2.24, 2.45) is 10.8 Å². The molecule has 0 spiro atoms. The lowest BCUT2D eigenvalue weighted by molar-refractivity contribution is -0.114. The number of fused-ring (bicyclic) bond motifs is 1. The van der Waals surface area contributed by atoms with Crippen molar-refractivity contribution in [2.75, 3.05) is 0 Å². The van der Waals surface area contributed by atoms with Gasteiger partial charge in [-0.25, -0.2) is 0 Å². The van der Waals surface area contributed by atoms with Crippen LogP contribution in [0.3, 0.4) is 0 Å². The number of ketones is 4. The predicted molar refractivity (Wildman–Crippen MR) is 107 cm³/mol. The highest BCUT2D eigenvalue weighted by atomic mass is 16.2. The molecule has 1 aromatic carbocycles. The average Bonchev–Trinajstić information content (AvgIpc) is 2.59. The second-order valence-corrected chi connectivity index (χ2v) is 9.31. The number of rotatable bonds is 0. The van der Waals surface area contributed by atoms with E-state index in [1.807, 2.05) is 41.5 Å². The first-order chi connectivity index (χ1) is 12.8. The Kier molecular flexibility index (Phi) is 4.49. The van der Waals surface area contributed by atoms with E-state index in [1.165, 1.54) is 6.07 Å². The molecular formula is C24H24O4. The minimum Gasteiger partial charge on any atom is -0.289 e. The maximum absolute atomic E-state index is 13.1. The van der Waals surface area contributed by atoms with Crippen LogP contribution in [0, 0.1) is 10.8 Å². The SMILES string of the molecule is CC(C)(C)C1=CC(=C2C(=O)C(=O)c3ccccc3C2=O)C=C(C(C)(C)C)C1=O. The summed E-state index contributed by atoms with van der Waals surface area (Å²) in [6.45, 7) is 11.5. The quantitative estimate of drug-likeness (QED) is 0.381. The number of hydrogen-bond acceptors (Lipinski definition) is 4. The Morgan fingerprint density at radius 3 is 1.43 bits per heavy atom. The standard InChI is InChI=1S/C24H24O4/c1-23(2,3)16-11-13(12-17(21(16)27)24(4,5)6)18-19(25)14-9-7-8-10-15(14)20(26)22(18)28/h7-12H,1-6H3. The van der Waals surface area contributed by atoms with Crippen LogP contribution in [0.1, 0.15) is 62.3 Å². The summed E-state index contributed by atoms with van der Waals surface area (Å²) < 4.78 is 0. The lowest BCUT2D eigenvalue weighted by Gasteiger charge is -2.32. The van der Waals surface area contributed by atoms with Crippen LogP contribution in [0.15, 0.2) is 58.7 Å². The molecule has 0 amide bonds. The van der Waals surface area contributed by atoms with Gasteiger partial charge in [-0.15, -0.1) is 0 Å². The van der Waals surface area contributed by atoms with Crippen LogP contribution in [0.4, 0.5) is 0 Å².